The lowest BCUT2D eigenvalue weighted by atomic mass is 9.81. The van der Waals surface area contributed by atoms with Crippen molar-refractivity contribution in [3.8, 4) is 0 Å². The van der Waals surface area contributed by atoms with Crippen LogP contribution in [0.1, 0.15) is 39.0 Å². The van der Waals surface area contributed by atoms with Crippen LogP contribution in [0.5, 0.6) is 0 Å². The van der Waals surface area contributed by atoms with Crippen molar-refractivity contribution in [3.63, 3.8) is 0 Å². The van der Waals surface area contributed by atoms with Gasteiger partial charge in [0.15, 0.2) is 0 Å². The van der Waals surface area contributed by atoms with Gasteiger partial charge >= 0.3 is 0 Å². The Hall–Kier alpha value is -1.18. The average Bonchev–Trinajstić information content (AvgIpc) is 2.39. The number of nitrogens with one attached hydrogen (secondary N) is 1. The van der Waals surface area contributed by atoms with Crippen molar-refractivity contribution in [2.45, 2.75) is 39.0 Å². The van der Waals surface area contributed by atoms with Gasteiger partial charge in [0.2, 0.25) is 0 Å². The van der Waals surface area contributed by atoms with Gasteiger partial charge in [-0.1, -0.05) is 26.2 Å². The number of anilines is 2. The zero-order chi connectivity index (χ0) is 12.1. The summed E-state index contributed by atoms with van der Waals surface area (Å²) in [4.78, 5) is 0. The van der Waals surface area contributed by atoms with Crippen molar-refractivity contribution in [1.29, 1.82) is 0 Å². The van der Waals surface area contributed by atoms with E-state index in [0.717, 1.165) is 24.1 Å². The first-order chi connectivity index (χ1) is 8.28. The third-order valence-electron chi connectivity index (χ3n) is 4.05. The fraction of sp³-hybridized carbons (Fsp3) is 0.600. The Kier molecular flexibility index (Phi) is 4.29. The second-order valence-electron chi connectivity index (χ2n) is 5.30. The molecule has 2 nitrogen and oxygen atoms in total. The molecule has 0 radical (unpaired) electrons. The Labute approximate surface area is 105 Å². The Balaban J connectivity index is 1.74. The number of nitrogens with two attached hydrogens (primary N) is 1. The highest BCUT2D eigenvalue weighted by atomic mass is 14.9. The molecule has 0 bridgehead atoms. The second kappa shape index (κ2) is 5.95. The molecule has 2 heteroatoms. The van der Waals surface area contributed by atoms with E-state index in [4.69, 9.17) is 5.73 Å². The zero-order valence-electron chi connectivity index (χ0n) is 10.8. The summed E-state index contributed by atoms with van der Waals surface area (Å²) in [6.07, 6.45) is 6.98. The molecule has 1 aromatic rings. The van der Waals surface area contributed by atoms with Crippen molar-refractivity contribution in [2.24, 2.45) is 11.8 Å². The van der Waals surface area contributed by atoms with Gasteiger partial charge in [0.05, 0.1) is 0 Å². The van der Waals surface area contributed by atoms with Crippen molar-refractivity contribution >= 4 is 11.4 Å². The van der Waals surface area contributed by atoms with E-state index in [1.807, 2.05) is 12.1 Å². The summed E-state index contributed by atoms with van der Waals surface area (Å²) in [5.41, 5.74) is 7.69. The summed E-state index contributed by atoms with van der Waals surface area (Å²) in [6, 6.07) is 8.03. The van der Waals surface area contributed by atoms with Crippen LogP contribution in [0.4, 0.5) is 11.4 Å². The Morgan fingerprint density at radius 1 is 1.06 bits per heavy atom. The molecule has 1 aliphatic rings. The fourth-order valence-corrected chi connectivity index (χ4v) is 2.71. The molecule has 0 aliphatic heterocycles. The summed E-state index contributed by atoms with van der Waals surface area (Å²) < 4.78 is 0. The predicted octanol–water partition coefficient (Wildman–Crippen LogP) is 3.90. The van der Waals surface area contributed by atoms with Crippen LogP contribution in [0.3, 0.4) is 0 Å². The van der Waals surface area contributed by atoms with Gasteiger partial charge in [-0.05, 0) is 48.9 Å². The molecule has 1 fully saturated rings. The van der Waals surface area contributed by atoms with E-state index in [1.54, 1.807) is 0 Å². The maximum absolute atomic E-state index is 5.67. The third kappa shape index (κ3) is 3.65. The van der Waals surface area contributed by atoms with E-state index in [9.17, 15) is 0 Å². The first kappa shape index (κ1) is 12.3. The van der Waals surface area contributed by atoms with Crippen LogP contribution in [0.15, 0.2) is 24.3 Å². The minimum absolute atomic E-state index is 0.832. The van der Waals surface area contributed by atoms with Gasteiger partial charge in [0.25, 0.3) is 0 Å². The highest BCUT2D eigenvalue weighted by Crippen LogP contribution is 2.30. The molecule has 0 atom stereocenters. The number of hydrogen-bond acceptors (Lipinski definition) is 2. The molecule has 3 N–H and O–H groups in total. The Morgan fingerprint density at radius 3 is 2.24 bits per heavy atom. The first-order valence-corrected chi connectivity index (χ1v) is 6.87. The quantitative estimate of drug-likeness (QED) is 0.773. The van der Waals surface area contributed by atoms with Crippen LogP contribution >= 0.6 is 0 Å². The summed E-state index contributed by atoms with van der Waals surface area (Å²) in [5, 5.41) is 3.52. The maximum Gasteiger partial charge on any atom is 0.0341 e. The van der Waals surface area contributed by atoms with Crippen molar-refractivity contribution < 1.29 is 0 Å². The molecule has 0 unspecified atom stereocenters. The lowest BCUT2D eigenvalue weighted by Crippen LogP contribution is -2.20. The van der Waals surface area contributed by atoms with Gasteiger partial charge < -0.3 is 11.1 Å². The molecular weight excluding hydrogens is 208 g/mol. The molecule has 1 saturated carbocycles. The summed E-state index contributed by atoms with van der Waals surface area (Å²) in [7, 11) is 0. The van der Waals surface area contributed by atoms with Crippen molar-refractivity contribution in [3.05, 3.63) is 24.3 Å². The van der Waals surface area contributed by atoms with E-state index in [1.165, 1.54) is 37.8 Å². The zero-order valence-corrected chi connectivity index (χ0v) is 10.8. The topological polar surface area (TPSA) is 38.0 Å². The molecule has 0 saturated heterocycles. The highest BCUT2D eigenvalue weighted by molar-refractivity contribution is 5.51. The number of hydrogen-bond donors (Lipinski definition) is 2. The minimum Gasteiger partial charge on any atom is -0.399 e. The van der Waals surface area contributed by atoms with Gasteiger partial charge in [-0.15, -0.1) is 0 Å². The SMILES string of the molecule is CCC1CCC(CNc2ccc(N)cc2)CC1. The molecule has 0 heterocycles. The van der Waals surface area contributed by atoms with E-state index in [-0.39, 0.29) is 0 Å². The van der Waals surface area contributed by atoms with Crippen LogP contribution in [0.2, 0.25) is 0 Å². The molecule has 17 heavy (non-hydrogen) atoms. The molecule has 1 aromatic carbocycles. The van der Waals surface area contributed by atoms with Gasteiger partial charge in [-0.25, -0.2) is 0 Å². The monoisotopic (exact) mass is 232 g/mol. The van der Waals surface area contributed by atoms with E-state index in [0.29, 0.717) is 0 Å². The maximum atomic E-state index is 5.67. The lowest BCUT2D eigenvalue weighted by Gasteiger charge is -2.28. The second-order valence-corrected chi connectivity index (χ2v) is 5.30. The molecule has 0 spiro atoms. The van der Waals surface area contributed by atoms with Crippen molar-refractivity contribution in [1.82, 2.24) is 0 Å². The molecule has 2 rings (SSSR count). The smallest absolute Gasteiger partial charge is 0.0341 e. The fourth-order valence-electron chi connectivity index (χ4n) is 2.71. The van der Waals surface area contributed by atoms with E-state index >= 15 is 0 Å². The van der Waals surface area contributed by atoms with Gasteiger partial charge in [-0.2, -0.15) is 0 Å². The molecule has 0 aromatic heterocycles. The Morgan fingerprint density at radius 2 is 1.65 bits per heavy atom. The predicted molar refractivity (Wildman–Crippen MR) is 75.1 cm³/mol. The molecular formula is C15H24N2. The summed E-state index contributed by atoms with van der Waals surface area (Å²) >= 11 is 0. The van der Waals surface area contributed by atoms with E-state index in [2.05, 4.69) is 24.4 Å². The summed E-state index contributed by atoms with van der Waals surface area (Å²) in [5.74, 6) is 1.85. The van der Waals surface area contributed by atoms with Crippen LogP contribution < -0.4 is 11.1 Å². The number of benzene rings is 1. The standard InChI is InChI=1S/C15H24N2/c1-2-12-3-5-13(6-4-12)11-17-15-9-7-14(16)8-10-15/h7-10,12-13,17H,2-6,11,16H2,1H3. The van der Waals surface area contributed by atoms with Crippen LogP contribution in [0.25, 0.3) is 0 Å². The first-order valence-electron chi connectivity index (χ1n) is 6.87. The highest BCUT2D eigenvalue weighted by Gasteiger charge is 2.19. The van der Waals surface area contributed by atoms with Gasteiger partial charge in [-0.3, -0.25) is 0 Å². The molecule has 1 aliphatic carbocycles. The van der Waals surface area contributed by atoms with E-state index < -0.39 is 0 Å². The van der Waals surface area contributed by atoms with Gasteiger partial charge in [0, 0.05) is 17.9 Å². The summed E-state index contributed by atoms with van der Waals surface area (Å²) in [6.45, 7) is 3.43. The third-order valence-corrected chi connectivity index (χ3v) is 4.05. The average molecular weight is 232 g/mol. The normalized spacial score (nSPS) is 24.5. The molecule has 94 valence electrons. The lowest BCUT2D eigenvalue weighted by molar-refractivity contribution is 0.278. The minimum atomic E-state index is 0.832. The number of rotatable bonds is 4. The van der Waals surface area contributed by atoms with Gasteiger partial charge in [0.1, 0.15) is 0 Å². The largest absolute Gasteiger partial charge is 0.399 e. The van der Waals surface area contributed by atoms with Crippen LogP contribution in [0, 0.1) is 11.8 Å². The Bertz CT molecular complexity index is 323. The van der Waals surface area contributed by atoms with Crippen LogP contribution in [-0.2, 0) is 0 Å². The molecule has 0 amide bonds. The van der Waals surface area contributed by atoms with Crippen molar-refractivity contribution in [2.75, 3.05) is 17.6 Å². The number of nitrogen functional groups attached to an aromatic ring is 1. The van der Waals surface area contributed by atoms with Crippen LogP contribution in [-0.4, -0.2) is 6.54 Å².